The maximum absolute atomic E-state index is 5.86. The van der Waals surface area contributed by atoms with E-state index in [2.05, 4.69) is 9.97 Å². The third-order valence-electron chi connectivity index (χ3n) is 5.76. The van der Waals surface area contributed by atoms with E-state index in [1.807, 2.05) is 13.0 Å². The highest BCUT2D eigenvalue weighted by molar-refractivity contribution is 5.29. The summed E-state index contributed by atoms with van der Waals surface area (Å²) in [6.07, 6.45) is 8.46. The number of rotatable bonds is 2. The highest BCUT2D eigenvalue weighted by Crippen LogP contribution is 2.57. The Labute approximate surface area is 115 Å². The molecule has 1 aromatic heterocycles. The monoisotopic (exact) mass is 257 g/mol. The fourth-order valence-corrected chi connectivity index (χ4v) is 5.33. The van der Waals surface area contributed by atoms with Crippen LogP contribution in [0.3, 0.4) is 0 Å². The van der Waals surface area contributed by atoms with Crippen LogP contribution >= 0.6 is 0 Å². The van der Waals surface area contributed by atoms with Crippen molar-refractivity contribution in [1.82, 2.24) is 9.97 Å². The molecule has 4 aliphatic carbocycles. The van der Waals surface area contributed by atoms with Gasteiger partial charge in [0.2, 0.25) is 0 Å². The molecule has 2 N–H and O–H groups in total. The third-order valence-corrected chi connectivity index (χ3v) is 5.76. The van der Waals surface area contributed by atoms with Gasteiger partial charge in [-0.15, -0.1) is 0 Å². The molecule has 3 heteroatoms. The fourth-order valence-electron chi connectivity index (χ4n) is 5.33. The molecule has 0 atom stereocenters. The molecule has 1 heterocycles. The number of nitrogens with zero attached hydrogens (tertiary/aromatic N) is 2. The van der Waals surface area contributed by atoms with Gasteiger partial charge in [0.25, 0.3) is 0 Å². The van der Waals surface area contributed by atoms with E-state index in [0.29, 0.717) is 5.82 Å². The van der Waals surface area contributed by atoms with Crippen molar-refractivity contribution in [3.8, 4) is 0 Å². The number of anilines is 1. The van der Waals surface area contributed by atoms with Crippen LogP contribution in [0.1, 0.15) is 43.6 Å². The van der Waals surface area contributed by atoms with Gasteiger partial charge in [0, 0.05) is 18.2 Å². The maximum atomic E-state index is 5.86. The minimum Gasteiger partial charge on any atom is -0.384 e. The van der Waals surface area contributed by atoms with Crippen LogP contribution in [0.15, 0.2) is 6.07 Å². The third kappa shape index (κ3) is 2.03. The van der Waals surface area contributed by atoms with Gasteiger partial charge in [-0.05, 0) is 68.6 Å². The molecule has 5 rings (SSSR count). The molecule has 19 heavy (non-hydrogen) atoms. The number of hydrogen-bond acceptors (Lipinski definition) is 3. The van der Waals surface area contributed by atoms with E-state index in [1.54, 1.807) is 0 Å². The molecule has 3 nitrogen and oxygen atoms in total. The molecule has 1 aromatic rings. The summed E-state index contributed by atoms with van der Waals surface area (Å²) >= 11 is 0. The lowest BCUT2D eigenvalue weighted by atomic mass is 9.51. The van der Waals surface area contributed by atoms with Gasteiger partial charge in [0.1, 0.15) is 11.6 Å². The topological polar surface area (TPSA) is 51.8 Å². The molecule has 4 fully saturated rings. The van der Waals surface area contributed by atoms with Crippen molar-refractivity contribution in [2.75, 3.05) is 5.73 Å². The molecular formula is C16H23N3. The van der Waals surface area contributed by atoms with E-state index < -0.39 is 0 Å². The van der Waals surface area contributed by atoms with Crippen LogP contribution in [0.25, 0.3) is 0 Å². The zero-order valence-corrected chi connectivity index (χ0v) is 11.7. The zero-order valence-electron chi connectivity index (χ0n) is 11.7. The summed E-state index contributed by atoms with van der Waals surface area (Å²) in [5, 5.41) is 0. The van der Waals surface area contributed by atoms with Crippen LogP contribution < -0.4 is 5.73 Å². The SMILES string of the molecule is Cc1cc(N)nc(CC2C3CC4CC(C3)CC2C4)n1. The van der Waals surface area contributed by atoms with Crippen molar-refractivity contribution in [2.45, 2.75) is 45.4 Å². The molecule has 0 spiro atoms. The second kappa shape index (κ2) is 4.19. The molecule has 4 bridgehead atoms. The second-order valence-electron chi connectivity index (χ2n) is 7.15. The second-order valence-corrected chi connectivity index (χ2v) is 7.15. The predicted octanol–water partition coefficient (Wildman–Crippen LogP) is 2.98. The summed E-state index contributed by atoms with van der Waals surface area (Å²) in [5.74, 6) is 6.42. The number of aryl methyl sites for hydroxylation is 1. The number of aromatic nitrogens is 2. The first kappa shape index (κ1) is 11.7. The van der Waals surface area contributed by atoms with E-state index in [1.165, 1.54) is 32.1 Å². The Bertz CT molecular complexity index is 449. The molecule has 0 unspecified atom stereocenters. The largest absolute Gasteiger partial charge is 0.384 e. The van der Waals surface area contributed by atoms with E-state index in [4.69, 9.17) is 5.73 Å². The van der Waals surface area contributed by atoms with Gasteiger partial charge >= 0.3 is 0 Å². The fraction of sp³-hybridized carbons (Fsp3) is 0.750. The van der Waals surface area contributed by atoms with Crippen molar-refractivity contribution in [3.05, 3.63) is 17.6 Å². The van der Waals surface area contributed by atoms with E-state index in [0.717, 1.165) is 47.5 Å². The summed E-state index contributed by atoms with van der Waals surface area (Å²) in [6.45, 7) is 2.01. The predicted molar refractivity (Wildman–Crippen MR) is 75.4 cm³/mol. The van der Waals surface area contributed by atoms with Crippen LogP contribution in [0, 0.1) is 36.5 Å². The lowest BCUT2D eigenvalue weighted by molar-refractivity contribution is -0.0367. The highest BCUT2D eigenvalue weighted by Gasteiger charge is 2.48. The van der Waals surface area contributed by atoms with Crippen LogP contribution in [-0.4, -0.2) is 9.97 Å². The van der Waals surface area contributed by atoms with Gasteiger partial charge in [0.15, 0.2) is 0 Å². The molecule has 0 amide bonds. The lowest BCUT2D eigenvalue weighted by Crippen LogP contribution is -2.45. The summed E-state index contributed by atoms with van der Waals surface area (Å²) in [5.41, 5.74) is 6.86. The van der Waals surface area contributed by atoms with Crippen LogP contribution in [0.4, 0.5) is 5.82 Å². The average molecular weight is 257 g/mol. The van der Waals surface area contributed by atoms with Crippen LogP contribution in [-0.2, 0) is 6.42 Å². The highest BCUT2D eigenvalue weighted by atomic mass is 14.9. The summed E-state index contributed by atoms with van der Waals surface area (Å²) in [6, 6.07) is 1.86. The van der Waals surface area contributed by atoms with E-state index in [9.17, 15) is 0 Å². The number of nitrogens with two attached hydrogens (primary N) is 1. The Morgan fingerprint density at radius 2 is 1.68 bits per heavy atom. The van der Waals surface area contributed by atoms with Crippen molar-refractivity contribution in [1.29, 1.82) is 0 Å². The molecule has 0 aliphatic heterocycles. The van der Waals surface area contributed by atoms with Gasteiger partial charge in [-0.1, -0.05) is 0 Å². The summed E-state index contributed by atoms with van der Waals surface area (Å²) in [4.78, 5) is 9.05. The van der Waals surface area contributed by atoms with Crippen molar-refractivity contribution in [2.24, 2.45) is 29.6 Å². The minimum atomic E-state index is 0.631. The first-order valence-electron chi connectivity index (χ1n) is 7.77. The molecule has 4 saturated carbocycles. The maximum Gasteiger partial charge on any atom is 0.131 e. The molecule has 4 aliphatic rings. The normalized spacial score (nSPS) is 39.7. The average Bonchev–Trinajstić information content (AvgIpc) is 2.31. The molecule has 102 valence electrons. The first-order valence-corrected chi connectivity index (χ1v) is 7.77. The Kier molecular flexibility index (Phi) is 2.58. The molecular weight excluding hydrogens is 234 g/mol. The van der Waals surface area contributed by atoms with E-state index >= 15 is 0 Å². The summed E-state index contributed by atoms with van der Waals surface area (Å²) < 4.78 is 0. The van der Waals surface area contributed by atoms with Crippen LogP contribution in [0.5, 0.6) is 0 Å². The van der Waals surface area contributed by atoms with Crippen molar-refractivity contribution in [3.63, 3.8) is 0 Å². The smallest absolute Gasteiger partial charge is 0.131 e. The zero-order chi connectivity index (χ0) is 13.0. The van der Waals surface area contributed by atoms with Gasteiger partial charge in [-0.2, -0.15) is 0 Å². The van der Waals surface area contributed by atoms with Crippen molar-refractivity contribution < 1.29 is 0 Å². The standard InChI is InChI=1S/C16H23N3/c1-9-2-15(17)19-16(18-9)8-14-12-4-10-3-11(6-12)7-13(14)5-10/h2,10-14H,3-8H2,1H3,(H2,17,18,19). The van der Waals surface area contributed by atoms with Gasteiger partial charge < -0.3 is 5.73 Å². The Morgan fingerprint density at radius 1 is 1.05 bits per heavy atom. The lowest BCUT2D eigenvalue weighted by Gasteiger charge is -2.54. The number of nitrogen functional groups attached to an aromatic ring is 1. The summed E-state index contributed by atoms with van der Waals surface area (Å²) in [7, 11) is 0. The van der Waals surface area contributed by atoms with Gasteiger partial charge in [-0.25, -0.2) is 9.97 Å². The van der Waals surface area contributed by atoms with Crippen LogP contribution in [0.2, 0.25) is 0 Å². The number of hydrogen-bond donors (Lipinski definition) is 1. The Balaban J connectivity index is 1.56. The van der Waals surface area contributed by atoms with Gasteiger partial charge in [-0.3, -0.25) is 0 Å². The van der Waals surface area contributed by atoms with Gasteiger partial charge in [0.05, 0.1) is 0 Å². The Hall–Kier alpha value is -1.12. The van der Waals surface area contributed by atoms with Crippen molar-refractivity contribution >= 4 is 5.82 Å². The quantitative estimate of drug-likeness (QED) is 0.886. The van der Waals surface area contributed by atoms with E-state index in [-0.39, 0.29) is 0 Å². The molecule has 0 aromatic carbocycles. The molecule has 0 radical (unpaired) electrons. The Morgan fingerprint density at radius 3 is 2.26 bits per heavy atom. The first-order chi connectivity index (χ1) is 9.17. The minimum absolute atomic E-state index is 0.631. The molecule has 0 saturated heterocycles.